The van der Waals surface area contributed by atoms with Crippen molar-refractivity contribution in [2.75, 3.05) is 0 Å². The SMILES string of the molecule is C=C1C2CCC(C2)C1(C)CCC(C)(C)O. The molecule has 2 saturated carbocycles. The van der Waals surface area contributed by atoms with E-state index in [1.807, 2.05) is 13.8 Å². The van der Waals surface area contributed by atoms with Crippen LogP contribution in [0.3, 0.4) is 0 Å². The third-order valence-corrected chi connectivity index (χ3v) is 4.82. The van der Waals surface area contributed by atoms with Crippen molar-refractivity contribution in [3.63, 3.8) is 0 Å². The Morgan fingerprint density at radius 1 is 1.47 bits per heavy atom. The minimum Gasteiger partial charge on any atom is -0.390 e. The van der Waals surface area contributed by atoms with Gasteiger partial charge in [0, 0.05) is 0 Å². The van der Waals surface area contributed by atoms with Gasteiger partial charge < -0.3 is 5.11 Å². The van der Waals surface area contributed by atoms with Crippen molar-refractivity contribution in [3.8, 4) is 0 Å². The van der Waals surface area contributed by atoms with Crippen molar-refractivity contribution < 1.29 is 5.11 Å². The average molecular weight is 208 g/mol. The third-order valence-electron chi connectivity index (χ3n) is 4.82. The minimum absolute atomic E-state index is 0.322. The second-order valence-corrected chi connectivity index (χ2v) is 6.46. The maximum atomic E-state index is 9.82. The fraction of sp³-hybridized carbons (Fsp3) is 0.857. The monoisotopic (exact) mass is 208 g/mol. The lowest BCUT2D eigenvalue weighted by Gasteiger charge is -2.37. The Balaban J connectivity index is 2.04. The van der Waals surface area contributed by atoms with E-state index in [0.29, 0.717) is 5.41 Å². The summed E-state index contributed by atoms with van der Waals surface area (Å²) in [6.45, 7) is 10.5. The molecule has 3 atom stereocenters. The highest BCUT2D eigenvalue weighted by atomic mass is 16.3. The Morgan fingerprint density at radius 3 is 2.60 bits per heavy atom. The average Bonchev–Trinajstić information content (AvgIpc) is 2.66. The Kier molecular flexibility index (Phi) is 2.50. The van der Waals surface area contributed by atoms with Crippen LogP contribution in [-0.4, -0.2) is 10.7 Å². The highest BCUT2D eigenvalue weighted by Gasteiger charge is 2.50. The summed E-state index contributed by atoms with van der Waals surface area (Å²) in [5.41, 5.74) is 1.27. The van der Waals surface area contributed by atoms with E-state index in [1.54, 1.807) is 0 Å². The van der Waals surface area contributed by atoms with Crippen LogP contribution >= 0.6 is 0 Å². The summed E-state index contributed by atoms with van der Waals surface area (Å²) < 4.78 is 0. The fourth-order valence-corrected chi connectivity index (χ4v) is 3.54. The Labute approximate surface area is 93.6 Å². The normalized spacial score (nSPS) is 40.1. The molecule has 1 nitrogen and oxygen atoms in total. The molecular weight excluding hydrogens is 184 g/mol. The van der Waals surface area contributed by atoms with Gasteiger partial charge in [-0.1, -0.05) is 19.1 Å². The van der Waals surface area contributed by atoms with Gasteiger partial charge in [0.2, 0.25) is 0 Å². The molecule has 0 amide bonds. The van der Waals surface area contributed by atoms with Gasteiger partial charge in [0.1, 0.15) is 0 Å². The van der Waals surface area contributed by atoms with Crippen LogP contribution in [-0.2, 0) is 0 Å². The molecule has 0 aromatic rings. The quantitative estimate of drug-likeness (QED) is 0.703. The van der Waals surface area contributed by atoms with E-state index in [4.69, 9.17) is 0 Å². The minimum atomic E-state index is -0.523. The van der Waals surface area contributed by atoms with E-state index >= 15 is 0 Å². The second kappa shape index (κ2) is 3.35. The predicted molar refractivity (Wildman–Crippen MR) is 63.6 cm³/mol. The summed E-state index contributed by atoms with van der Waals surface area (Å²) in [6.07, 6.45) is 6.11. The number of fused-ring (bicyclic) bond motifs is 2. The molecule has 0 radical (unpaired) electrons. The summed E-state index contributed by atoms with van der Waals surface area (Å²) in [6, 6.07) is 0. The van der Waals surface area contributed by atoms with Crippen molar-refractivity contribution in [2.24, 2.45) is 17.3 Å². The first-order chi connectivity index (χ1) is 6.83. The molecule has 0 aliphatic heterocycles. The highest BCUT2D eigenvalue weighted by molar-refractivity contribution is 5.24. The molecule has 2 bridgehead atoms. The molecular formula is C14H24O. The Morgan fingerprint density at radius 2 is 2.13 bits per heavy atom. The van der Waals surface area contributed by atoms with Gasteiger partial charge in [-0.05, 0) is 63.2 Å². The van der Waals surface area contributed by atoms with Crippen molar-refractivity contribution in [2.45, 2.75) is 58.5 Å². The van der Waals surface area contributed by atoms with Gasteiger partial charge in [-0.3, -0.25) is 0 Å². The first-order valence-electron chi connectivity index (χ1n) is 6.24. The Bertz CT molecular complexity index is 274. The second-order valence-electron chi connectivity index (χ2n) is 6.46. The fourth-order valence-electron chi connectivity index (χ4n) is 3.54. The lowest BCUT2D eigenvalue weighted by atomic mass is 9.68. The van der Waals surface area contributed by atoms with Crippen molar-refractivity contribution in [1.82, 2.24) is 0 Å². The van der Waals surface area contributed by atoms with Crippen molar-refractivity contribution >= 4 is 0 Å². The summed E-state index contributed by atoms with van der Waals surface area (Å²) in [4.78, 5) is 0. The lowest BCUT2D eigenvalue weighted by molar-refractivity contribution is 0.0521. The van der Waals surface area contributed by atoms with E-state index in [1.165, 1.54) is 24.8 Å². The molecule has 2 rings (SSSR count). The first-order valence-corrected chi connectivity index (χ1v) is 6.24. The van der Waals surface area contributed by atoms with Crippen LogP contribution in [0.2, 0.25) is 0 Å². The van der Waals surface area contributed by atoms with Crippen molar-refractivity contribution in [3.05, 3.63) is 12.2 Å². The van der Waals surface area contributed by atoms with Gasteiger partial charge in [-0.25, -0.2) is 0 Å². The number of rotatable bonds is 3. The molecule has 0 aromatic heterocycles. The van der Waals surface area contributed by atoms with Crippen LogP contribution in [0.4, 0.5) is 0 Å². The smallest absolute Gasteiger partial charge is 0.0592 e. The Hall–Kier alpha value is -0.300. The molecule has 2 aliphatic carbocycles. The molecule has 0 saturated heterocycles. The molecule has 3 unspecified atom stereocenters. The molecule has 0 heterocycles. The number of hydrogen-bond acceptors (Lipinski definition) is 1. The standard InChI is InChI=1S/C14H24O/c1-10-11-5-6-12(9-11)14(10,4)8-7-13(2,3)15/h11-12,15H,1,5-9H2,2-4H3. The zero-order valence-corrected chi connectivity index (χ0v) is 10.3. The predicted octanol–water partition coefficient (Wildman–Crippen LogP) is 3.53. The van der Waals surface area contributed by atoms with Crippen LogP contribution < -0.4 is 0 Å². The molecule has 15 heavy (non-hydrogen) atoms. The number of hydrogen-bond donors (Lipinski definition) is 1. The highest BCUT2D eigenvalue weighted by Crippen LogP contribution is 2.60. The summed E-state index contributed by atoms with van der Waals surface area (Å²) in [7, 11) is 0. The van der Waals surface area contributed by atoms with Gasteiger partial charge in [-0.2, -0.15) is 0 Å². The van der Waals surface area contributed by atoms with Crippen LogP contribution in [0.25, 0.3) is 0 Å². The maximum Gasteiger partial charge on any atom is 0.0592 e. The van der Waals surface area contributed by atoms with Gasteiger partial charge in [0.15, 0.2) is 0 Å². The number of aliphatic hydroxyl groups is 1. The van der Waals surface area contributed by atoms with Gasteiger partial charge >= 0.3 is 0 Å². The topological polar surface area (TPSA) is 20.2 Å². The largest absolute Gasteiger partial charge is 0.390 e. The molecule has 0 spiro atoms. The van der Waals surface area contributed by atoms with Gasteiger partial charge in [0.25, 0.3) is 0 Å². The van der Waals surface area contributed by atoms with E-state index in [0.717, 1.165) is 24.7 Å². The first kappa shape index (κ1) is 11.2. The van der Waals surface area contributed by atoms with Gasteiger partial charge in [-0.15, -0.1) is 0 Å². The molecule has 86 valence electrons. The summed E-state index contributed by atoms with van der Waals surface area (Å²) in [5, 5.41) is 9.82. The molecule has 1 N–H and O–H groups in total. The zero-order valence-electron chi connectivity index (χ0n) is 10.3. The summed E-state index contributed by atoms with van der Waals surface area (Å²) >= 11 is 0. The van der Waals surface area contributed by atoms with Crippen LogP contribution in [0, 0.1) is 17.3 Å². The molecule has 2 aliphatic rings. The zero-order chi connectivity index (χ0) is 11.3. The van der Waals surface area contributed by atoms with E-state index in [9.17, 15) is 5.11 Å². The van der Waals surface area contributed by atoms with E-state index < -0.39 is 5.60 Å². The molecule has 1 heteroatoms. The lowest BCUT2D eigenvalue weighted by Crippen LogP contribution is -2.30. The molecule has 2 fully saturated rings. The summed E-state index contributed by atoms with van der Waals surface area (Å²) in [5.74, 6) is 1.64. The third kappa shape index (κ3) is 1.87. The van der Waals surface area contributed by atoms with Crippen LogP contribution in [0.1, 0.15) is 52.9 Å². The maximum absolute atomic E-state index is 9.82. The van der Waals surface area contributed by atoms with Crippen molar-refractivity contribution in [1.29, 1.82) is 0 Å². The molecule has 0 aromatic carbocycles. The number of allylic oxidation sites excluding steroid dienone is 1. The van der Waals surface area contributed by atoms with Crippen LogP contribution in [0.5, 0.6) is 0 Å². The van der Waals surface area contributed by atoms with Gasteiger partial charge in [0.05, 0.1) is 5.60 Å². The van der Waals surface area contributed by atoms with Crippen LogP contribution in [0.15, 0.2) is 12.2 Å². The van der Waals surface area contributed by atoms with E-state index in [2.05, 4.69) is 13.5 Å². The van der Waals surface area contributed by atoms with E-state index in [-0.39, 0.29) is 0 Å².